The molecule has 2 atom stereocenters. The summed E-state index contributed by atoms with van der Waals surface area (Å²) >= 11 is 0. The minimum absolute atomic E-state index is 0.0890. The van der Waals surface area contributed by atoms with Gasteiger partial charge in [0.25, 0.3) is 0 Å². The number of halogens is 4. The smallest absolute Gasteiger partial charge is 0.324 e. The van der Waals surface area contributed by atoms with Crippen molar-refractivity contribution in [2.75, 3.05) is 0 Å². The molecule has 0 aliphatic carbocycles. The zero-order valence-corrected chi connectivity index (χ0v) is 9.68. The van der Waals surface area contributed by atoms with Gasteiger partial charge < -0.3 is 5.73 Å². The molecule has 0 amide bonds. The van der Waals surface area contributed by atoms with Crippen LogP contribution in [0.4, 0.5) is 17.6 Å². The Bertz CT molecular complexity index is 387. The van der Waals surface area contributed by atoms with E-state index in [0.29, 0.717) is 5.56 Å². The molecule has 1 aromatic rings. The molecule has 5 heteroatoms. The second-order valence-electron chi connectivity index (χ2n) is 4.15. The Hall–Kier alpha value is -1.10. The number of rotatable bonds is 3. The molecule has 0 heterocycles. The molecule has 17 heavy (non-hydrogen) atoms. The van der Waals surface area contributed by atoms with Crippen LogP contribution in [0.5, 0.6) is 0 Å². The average Bonchev–Trinajstić information content (AvgIpc) is 2.25. The summed E-state index contributed by atoms with van der Waals surface area (Å²) in [5.74, 6) is -1.18. The third-order valence-corrected chi connectivity index (χ3v) is 2.94. The Kier molecular flexibility index (Phi) is 4.14. The standard InChI is InChI=1S/C12H15F4N/c1-3-7(2)11(17)8-4-5-9(10(13)6-8)12(14,15)16/h4-7,11H,3,17H2,1-2H3/t7?,11-/m1/s1. The third kappa shape index (κ3) is 3.19. The van der Waals surface area contributed by atoms with Gasteiger partial charge in [0.1, 0.15) is 5.82 Å². The molecule has 2 N–H and O–H groups in total. The van der Waals surface area contributed by atoms with Gasteiger partial charge in [-0.25, -0.2) is 4.39 Å². The first kappa shape index (κ1) is 14.0. The van der Waals surface area contributed by atoms with E-state index in [-0.39, 0.29) is 5.92 Å². The summed E-state index contributed by atoms with van der Waals surface area (Å²) in [6.45, 7) is 3.80. The van der Waals surface area contributed by atoms with Crippen LogP contribution in [0.2, 0.25) is 0 Å². The highest BCUT2D eigenvalue weighted by Crippen LogP contribution is 2.33. The summed E-state index contributed by atoms with van der Waals surface area (Å²) in [4.78, 5) is 0. The van der Waals surface area contributed by atoms with Crippen LogP contribution < -0.4 is 5.73 Å². The fourth-order valence-corrected chi connectivity index (χ4v) is 1.55. The quantitative estimate of drug-likeness (QED) is 0.808. The molecule has 0 aromatic heterocycles. The summed E-state index contributed by atoms with van der Waals surface area (Å²) in [6.07, 6.45) is -3.88. The molecule has 0 spiro atoms. The minimum atomic E-state index is -4.66. The predicted octanol–water partition coefficient (Wildman–Crippen LogP) is 3.89. The molecule has 96 valence electrons. The lowest BCUT2D eigenvalue weighted by Crippen LogP contribution is -2.19. The maximum atomic E-state index is 13.3. The van der Waals surface area contributed by atoms with Crippen molar-refractivity contribution in [3.8, 4) is 0 Å². The summed E-state index contributed by atoms with van der Waals surface area (Å²) in [7, 11) is 0. The first-order chi connectivity index (χ1) is 7.77. The Morgan fingerprint density at radius 3 is 2.29 bits per heavy atom. The molecule has 0 aliphatic heterocycles. The maximum Gasteiger partial charge on any atom is 0.419 e. The van der Waals surface area contributed by atoms with Crippen molar-refractivity contribution < 1.29 is 17.6 Å². The van der Waals surface area contributed by atoms with Crippen molar-refractivity contribution >= 4 is 0 Å². The lowest BCUT2D eigenvalue weighted by atomic mass is 9.92. The van der Waals surface area contributed by atoms with E-state index in [1.54, 1.807) is 0 Å². The SMILES string of the molecule is CCC(C)[C@@H](N)c1ccc(C(F)(F)F)c(F)c1. The van der Waals surface area contributed by atoms with Crippen LogP contribution in [0.15, 0.2) is 18.2 Å². The number of hydrogen-bond donors (Lipinski definition) is 1. The molecule has 0 radical (unpaired) electrons. The number of benzene rings is 1. The molecule has 1 aromatic carbocycles. The predicted molar refractivity (Wildman–Crippen MR) is 57.8 cm³/mol. The number of alkyl halides is 3. The Balaban J connectivity index is 3.05. The molecular weight excluding hydrogens is 234 g/mol. The van der Waals surface area contributed by atoms with Gasteiger partial charge in [0.15, 0.2) is 0 Å². The fraction of sp³-hybridized carbons (Fsp3) is 0.500. The second-order valence-corrected chi connectivity index (χ2v) is 4.15. The Labute approximate surface area is 97.6 Å². The van der Waals surface area contributed by atoms with E-state index in [9.17, 15) is 17.6 Å². The van der Waals surface area contributed by atoms with Gasteiger partial charge in [-0.05, 0) is 23.6 Å². The normalized spacial score (nSPS) is 15.7. The van der Waals surface area contributed by atoms with Gasteiger partial charge >= 0.3 is 6.18 Å². The van der Waals surface area contributed by atoms with Crippen LogP contribution in [-0.4, -0.2) is 0 Å². The highest BCUT2D eigenvalue weighted by Gasteiger charge is 2.34. The number of nitrogens with two attached hydrogens (primary N) is 1. The highest BCUT2D eigenvalue weighted by molar-refractivity contribution is 5.28. The molecule has 1 nitrogen and oxygen atoms in total. The van der Waals surface area contributed by atoms with E-state index in [1.807, 2.05) is 13.8 Å². The van der Waals surface area contributed by atoms with Crippen molar-refractivity contribution in [2.24, 2.45) is 11.7 Å². The van der Waals surface area contributed by atoms with Crippen molar-refractivity contribution in [1.29, 1.82) is 0 Å². The van der Waals surface area contributed by atoms with Gasteiger partial charge in [-0.3, -0.25) is 0 Å². The van der Waals surface area contributed by atoms with Gasteiger partial charge in [-0.15, -0.1) is 0 Å². The molecule has 0 saturated heterocycles. The molecule has 0 bridgehead atoms. The lowest BCUT2D eigenvalue weighted by molar-refractivity contribution is -0.140. The van der Waals surface area contributed by atoms with Crippen molar-refractivity contribution in [3.05, 3.63) is 35.1 Å². The van der Waals surface area contributed by atoms with E-state index in [4.69, 9.17) is 5.73 Å². The van der Waals surface area contributed by atoms with E-state index in [2.05, 4.69) is 0 Å². The Morgan fingerprint density at radius 2 is 1.88 bits per heavy atom. The van der Waals surface area contributed by atoms with Crippen LogP contribution in [0.3, 0.4) is 0 Å². The highest BCUT2D eigenvalue weighted by atomic mass is 19.4. The zero-order chi connectivity index (χ0) is 13.2. The topological polar surface area (TPSA) is 26.0 Å². The lowest BCUT2D eigenvalue weighted by Gasteiger charge is -2.19. The van der Waals surface area contributed by atoms with Crippen LogP contribution in [0, 0.1) is 11.7 Å². The largest absolute Gasteiger partial charge is 0.419 e. The van der Waals surface area contributed by atoms with Crippen molar-refractivity contribution in [2.45, 2.75) is 32.5 Å². The van der Waals surface area contributed by atoms with Crippen molar-refractivity contribution in [3.63, 3.8) is 0 Å². The average molecular weight is 249 g/mol. The molecule has 0 aliphatic rings. The van der Waals surface area contributed by atoms with Gasteiger partial charge in [0.2, 0.25) is 0 Å². The van der Waals surface area contributed by atoms with Gasteiger partial charge in [-0.2, -0.15) is 13.2 Å². The first-order valence-electron chi connectivity index (χ1n) is 5.39. The van der Waals surface area contributed by atoms with Gasteiger partial charge in [-0.1, -0.05) is 26.3 Å². The van der Waals surface area contributed by atoms with E-state index in [1.165, 1.54) is 6.07 Å². The third-order valence-electron chi connectivity index (χ3n) is 2.94. The van der Waals surface area contributed by atoms with Crippen LogP contribution in [0.1, 0.15) is 37.4 Å². The van der Waals surface area contributed by atoms with Crippen LogP contribution >= 0.6 is 0 Å². The first-order valence-corrected chi connectivity index (χ1v) is 5.39. The van der Waals surface area contributed by atoms with Gasteiger partial charge in [0.05, 0.1) is 5.56 Å². The summed E-state index contributed by atoms with van der Waals surface area (Å²) in [5, 5.41) is 0. The second kappa shape index (κ2) is 5.04. The molecular formula is C12H15F4N. The molecule has 0 saturated carbocycles. The van der Waals surface area contributed by atoms with Gasteiger partial charge in [0, 0.05) is 6.04 Å². The van der Waals surface area contributed by atoms with E-state index >= 15 is 0 Å². The molecule has 0 fully saturated rings. The summed E-state index contributed by atoms with van der Waals surface area (Å²) < 4.78 is 50.3. The minimum Gasteiger partial charge on any atom is -0.324 e. The maximum absolute atomic E-state index is 13.3. The number of hydrogen-bond acceptors (Lipinski definition) is 1. The van der Waals surface area contributed by atoms with E-state index < -0.39 is 23.6 Å². The Morgan fingerprint density at radius 1 is 1.29 bits per heavy atom. The molecule has 1 unspecified atom stereocenters. The van der Waals surface area contributed by atoms with Crippen LogP contribution in [-0.2, 0) is 6.18 Å². The van der Waals surface area contributed by atoms with E-state index in [0.717, 1.165) is 18.6 Å². The fourth-order valence-electron chi connectivity index (χ4n) is 1.55. The summed E-state index contributed by atoms with van der Waals surface area (Å²) in [5.41, 5.74) is 4.97. The summed E-state index contributed by atoms with van der Waals surface area (Å²) in [6, 6.07) is 2.41. The molecule has 1 rings (SSSR count). The van der Waals surface area contributed by atoms with Crippen LogP contribution in [0.25, 0.3) is 0 Å². The zero-order valence-electron chi connectivity index (χ0n) is 9.68. The van der Waals surface area contributed by atoms with Crippen molar-refractivity contribution in [1.82, 2.24) is 0 Å². The monoisotopic (exact) mass is 249 g/mol.